The van der Waals surface area contributed by atoms with Crippen molar-refractivity contribution >= 4 is 23.5 Å². The molecule has 1 aliphatic carbocycles. The zero-order chi connectivity index (χ0) is 21.8. The Hall–Kier alpha value is -2.85. The molecule has 2 aromatic rings. The van der Waals surface area contributed by atoms with Crippen LogP contribution in [0.4, 0.5) is 23.8 Å². The molecule has 2 aliphatic rings. The first-order chi connectivity index (χ1) is 14.1. The zero-order valence-electron chi connectivity index (χ0n) is 16.7. The number of rotatable bonds is 5. The standard InChI is InChI=1S/C19H22F3N5O3/c1-9(2)13-8-26(18(29)30-13)14-6-10(3)16-23-7-12(27(16)25-14)17(28)24-15(11-4-5-11)19(20,21)22/h6-7,9,11,13,15H,4-5,8H2,1-3H3,(H,24,28). The van der Waals surface area contributed by atoms with Gasteiger partial charge in [-0.3, -0.25) is 9.69 Å². The number of amides is 2. The number of alkyl halides is 3. The zero-order valence-corrected chi connectivity index (χ0v) is 16.7. The largest absolute Gasteiger partial charge is 0.444 e. The van der Waals surface area contributed by atoms with E-state index >= 15 is 0 Å². The van der Waals surface area contributed by atoms with Gasteiger partial charge in [0.25, 0.3) is 5.91 Å². The SMILES string of the molecule is Cc1cc(N2CC(C(C)C)OC2=O)nn2c(C(=O)NC(C3CC3)C(F)(F)F)cnc12. The molecule has 1 saturated heterocycles. The highest BCUT2D eigenvalue weighted by Gasteiger charge is 2.50. The molecular formula is C19H22F3N5O3. The van der Waals surface area contributed by atoms with Gasteiger partial charge in [-0.05, 0) is 43.2 Å². The van der Waals surface area contributed by atoms with Gasteiger partial charge in [-0.25, -0.2) is 14.3 Å². The van der Waals surface area contributed by atoms with E-state index in [-0.39, 0.29) is 23.5 Å². The number of ether oxygens (including phenoxy) is 1. The number of halogens is 3. The minimum Gasteiger partial charge on any atom is -0.444 e. The minimum absolute atomic E-state index is 0.111. The molecule has 1 saturated carbocycles. The third-order valence-electron chi connectivity index (χ3n) is 5.46. The number of imidazole rings is 1. The van der Waals surface area contributed by atoms with E-state index in [9.17, 15) is 22.8 Å². The quantitative estimate of drug-likeness (QED) is 0.795. The van der Waals surface area contributed by atoms with Crippen LogP contribution in [0.3, 0.4) is 0 Å². The van der Waals surface area contributed by atoms with Crippen molar-refractivity contribution in [3.8, 4) is 0 Å². The molecule has 30 heavy (non-hydrogen) atoms. The van der Waals surface area contributed by atoms with Crippen molar-refractivity contribution in [2.75, 3.05) is 11.4 Å². The van der Waals surface area contributed by atoms with Crippen LogP contribution in [0.1, 0.15) is 42.7 Å². The summed E-state index contributed by atoms with van der Waals surface area (Å²) in [6.45, 7) is 5.87. The van der Waals surface area contributed by atoms with E-state index in [0.717, 1.165) is 0 Å². The van der Waals surface area contributed by atoms with Crippen LogP contribution in [0.15, 0.2) is 12.3 Å². The van der Waals surface area contributed by atoms with Crippen molar-refractivity contribution in [2.45, 2.75) is 51.9 Å². The summed E-state index contributed by atoms with van der Waals surface area (Å²) in [4.78, 5) is 30.4. The van der Waals surface area contributed by atoms with Crippen molar-refractivity contribution in [1.29, 1.82) is 0 Å². The number of nitrogens with zero attached hydrogens (tertiary/aromatic N) is 4. The molecule has 1 aliphatic heterocycles. The van der Waals surface area contributed by atoms with Crippen LogP contribution in [-0.2, 0) is 4.74 Å². The van der Waals surface area contributed by atoms with Gasteiger partial charge in [-0.15, -0.1) is 5.10 Å². The molecule has 0 spiro atoms. The fourth-order valence-corrected chi connectivity index (χ4v) is 3.52. The molecule has 3 heterocycles. The Kier molecular flexibility index (Phi) is 4.86. The van der Waals surface area contributed by atoms with Gasteiger partial charge in [0, 0.05) is 0 Å². The average Bonchev–Trinajstić information content (AvgIpc) is 3.26. The number of aryl methyl sites for hydroxylation is 1. The third kappa shape index (κ3) is 3.68. The van der Waals surface area contributed by atoms with E-state index < -0.39 is 30.1 Å². The van der Waals surface area contributed by atoms with Crippen LogP contribution in [-0.4, -0.2) is 51.5 Å². The Bertz CT molecular complexity index is 999. The maximum absolute atomic E-state index is 13.3. The molecule has 2 atom stereocenters. The second-order valence-electron chi connectivity index (χ2n) is 8.17. The molecule has 0 bridgehead atoms. The lowest BCUT2D eigenvalue weighted by Crippen LogP contribution is -2.47. The summed E-state index contributed by atoms with van der Waals surface area (Å²) in [6.07, 6.45) is -3.35. The van der Waals surface area contributed by atoms with E-state index in [1.165, 1.54) is 15.6 Å². The van der Waals surface area contributed by atoms with Crippen LogP contribution >= 0.6 is 0 Å². The molecule has 0 aromatic carbocycles. The molecule has 11 heteroatoms. The summed E-state index contributed by atoms with van der Waals surface area (Å²) in [6, 6.07) is -0.267. The third-order valence-corrected chi connectivity index (χ3v) is 5.46. The molecule has 8 nitrogen and oxygen atoms in total. The number of cyclic esters (lactones) is 1. The van der Waals surface area contributed by atoms with Crippen LogP contribution < -0.4 is 10.2 Å². The maximum Gasteiger partial charge on any atom is 0.416 e. The summed E-state index contributed by atoms with van der Waals surface area (Å²) in [7, 11) is 0. The summed E-state index contributed by atoms with van der Waals surface area (Å²) < 4.78 is 46.4. The lowest BCUT2D eigenvalue weighted by Gasteiger charge is -2.21. The van der Waals surface area contributed by atoms with Gasteiger partial charge in [0.05, 0.1) is 12.7 Å². The molecule has 0 radical (unpaired) electrons. The first-order valence-electron chi connectivity index (χ1n) is 9.77. The lowest BCUT2D eigenvalue weighted by atomic mass is 10.1. The van der Waals surface area contributed by atoms with Gasteiger partial charge in [0.2, 0.25) is 0 Å². The molecule has 4 rings (SSSR count). The maximum atomic E-state index is 13.3. The number of fused-ring (bicyclic) bond motifs is 1. The highest BCUT2D eigenvalue weighted by Crippen LogP contribution is 2.40. The second-order valence-corrected chi connectivity index (χ2v) is 8.17. The summed E-state index contributed by atoms with van der Waals surface area (Å²) in [5.74, 6) is -1.16. The highest BCUT2D eigenvalue weighted by molar-refractivity contribution is 5.94. The van der Waals surface area contributed by atoms with Gasteiger partial charge < -0.3 is 10.1 Å². The fourth-order valence-electron chi connectivity index (χ4n) is 3.52. The van der Waals surface area contributed by atoms with E-state index in [1.54, 1.807) is 13.0 Å². The van der Waals surface area contributed by atoms with Crippen molar-refractivity contribution < 1.29 is 27.5 Å². The summed E-state index contributed by atoms with van der Waals surface area (Å²) in [5, 5.41) is 6.39. The number of hydrogen-bond donors (Lipinski definition) is 1. The number of carbonyl (C=O) groups excluding carboxylic acids is 2. The first-order valence-corrected chi connectivity index (χ1v) is 9.77. The Labute approximate surface area is 170 Å². The van der Waals surface area contributed by atoms with Crippen molar-refractivity contribution in [2.24, 2.45) is 11.8 Å². The number of anilines is 1. The Morgan fingerprint density at radius 2 is 2.03 bits per heavy atom. The Morgan fingerprint density at radius 3 is 2.60 bits per heavy atom. The van der Waals surface area contributed by atoms with Gasteiger partial charge in [0.1, 0.15) is 12.1 Å². The topological polar surface area (TPSA) is 88.8 Å². The first kappa shape index (κ1) is 20.4. The number of carbonyl (C=O) groups is 2. The summed E-state index contributed by atoms with van der Waals surface area (Å²) in [5.41, 5.74) is 0.819. The van der Waals surface area contributed by atoms with Crippen LogP contribution in [0.5, 0.6) is 0 Å². The Balaban J connectivity index is 1.65. The molecule has 162 valence electrons. The lowest BCUT2D eigenvalue weighted by molar-refractivity contribution is -0.158. The molecule has 2 unspecified atom stereocenters. The minimum atomic E-state index is -4.53. The smallest absolute Gasteiger partial charge is 0.416 e. The van der Waals surface area contributed by atoms with Crippen LogP contribution in [0.2, 0.25) is 0 Å². The van der Waals surface area contributed by atoms with E-state index in [0.29, 0.717) is 30.6 Å². The van der Waals surface area contributed by atoms with Crippen molar-refractivity contribution in [3.63, 3.8) is 0 Å². The molecule has 2 amide bonds. The summed E-state index contributed by atoms with van der Waals surface area (Å²) >= 11 is 0. The van der Waals surface area contributed by atoms with Gasteiger partial charge in [0.15, 0.2) is 17.2 Å². The molecular weight excluding hydrogens is 403 g/mol. The van der Waals surface area contributed by atoms with E-state index in [4.69, 9.17) is 4.74 Å². The normalized spacial score (nSPS) is 20.7. The van der Waals surface area contributed by atoms with Crippen molar-refractivity contribution in [3.05, 3.63) is 23.5 Å². The Morgan fingerprint density at radius 1 is 1.33 bits per heavy atom. The van der Waals surface area contributed by atoms with Gasteiger partial charge in [-0.1, -0.05) is 13.8 Å². The predicted molar refractivity (Wildman–Crippen MR) is 100 cm³/mol. The van der Waals surface area contributed by atoms with E-state index in [1.807, 2.05) is 13.8 Å². The fraction of sp³-hybridized carbons (Fsp3) is 0.579. The number of nitrogens with one attached hydrogen (secondary N) is 1. The van der Waals surface area contributed by atoms with Crippen LogP contribution in [0.25, 0.3) is 5.65 Å². The molecule has 2 fully saturated rings. The number of hydrogen-bond acceptors (Lipinski definition) is 5. The highest BCUT2D eigenvalue weighted by atomic mass is 19.4. The van der Waals surface area contributed by atoms with Crippen molar-refractivity contribution in [1.82, 2.24) is 19.9 Å². The second kappa shape index (κ2) is 7.13. The van der Waals surface area contributed by atoms with Gasteiger partial charge in [-0.2, -0.15) is 13.2 Å². The monoisotopic (exact) mass is 425 g/mol. The average molecular weight is 425 g/mol. The van der Waals surface area contributed by atoms with Gasteiger partial charge >= 0.3 is 12.3 Å². The van der Waals surface area contributed by atoms with Crippen LogP contribution in [0, 0.1) is 18.8 Å². The number of aromatic nitrogens is 3. The predicted octanol–water partition coefficient (Wildman–Crippen LogP) is 3.09. The molecule has 2 aromatic heterocycles. The molecule has 1 N–H and O–H groups in total. The van der Waals surface area contributed by atoms with E-state index in [2.05, 4.69) is 15.4 Å².